The highest BCUT2D eigenvalue weighted by Gasteiger charge is 2.29. The van der Waals surface area contributed by atoms with E-state index in [2.05, 4.69) is 10.3 Å². The van der Waals surface area contributed by atoms with Gasteiger partial charge in [0.05, 0.1) is 6.04 Å². The first kappa shape index (κ1) is 12.7. The molecular weight excluding hydrogens is 255 g/mol. The van der Waals surface area contributed by atoms with E-state index in [4.69, 9.17) is 11.6 Å². The predicted octanol–water partition coefficient (Wildman–Crippen LogP) is 3.41. The number of halogens is 4. The van der Waals surface area contributed by atoms with Crippen molar-refractivity contribution in [3.63, 3.8) is 0 Å². The molecule has 0 radical (unpaired) electrons. The van der Waals surface area contributed by atoms with Crippen LogP contribution in [-0.2, 0) is 11.3 Å². The molecule has 0 bridgehead atoms. The second-order valence-electron chi connectivity index (χ2n) is 3.96. The number of hydrogen-bond acceptors (Lipinski definition) is 2. The summed E-state index contributed by atoms with van der Waals surface area (Å²) in [5, 5.41) is 0.639. The Kier molecular flexibility index (Phi) is 3.61. The van der Waals surface area contributed by atoms with Gasteiger partial charge in [-0.05, 0) is 36.1 Å². The Labute approximate surface area is 102 Å². The lowest BCUT2D eigenvalue weighted by atomic mass is 10.1. The van der Waals surface area contributed by atoms with Crippen LogP contribution in [0.5, 0.6) is 0 Å². The first-order valence-corrected chi connectivity index (χ1v) is 5.56. The van der Waals surface area contributed by atoms with Gasteiger partial charge in [0.1, 0.15) is 0 Å². The molecule has 0 fully saturated rings. The molecule has 0 amide bonds. The maximum Gasteiger partial charge on any atom is 0.413 e. The van der Waals surface area contributed by atoms with Crippen LogP contribution in [0, 0.1) is 0 Å². The zero-order valence-electron chi connectivity index (χ0n) is 8.85. The van der Waals surface area contributed by atoms with Crippen molar-refractivity contribution in [2.75, 3.05) is 6.61 Å². The SMILES string of the molecule is FC(F)(F)CONC1CCc2cc(Cl)ccc21. The van der Waals surface area contributed by atoms with Crippen LogP contribution in [0.15, 0.2) is 18.2 Å². The van der Waals surface area contributed by atoms with Gasteiger partial charge in [0.2, 0.25) is 0 Å². The van der Waals surface area contributed by atoms with E-state index in [1.54, 1.807) is 6.07 Å². The summed E-state index contributed by atoms with van der Waals surface area (Å²) >= 11 is 5.83. The molecule has 6 heteroatoms. The third-order valence-corrected chi connectivity index (χ3v) is 2.88. The molecule has 1 atom stereocenters. The lowest BCUT2D eigenvalue weighted by Crippen LogP contribution is -2.27. The molecule has 1 aromatic carbocycles. The van der Waals surface area contributed by atoms with Crippen molar-refractivity contribution < 1.29 is 18.0 Å². The summed E-state index contributed by atoms with van der Waals surface area (Å²) in [6.45, 7) is -1.29. The molecule has 0 spiro atoms. The Morgan fingerprint density at radius 3 is 2.88 bits per heavy atom. The predicted molar refractivity (Wildman–Crippen MR) is 57.7 cm³/mol. The fourth-order valence-corrected chi connectivity index (χ4v) is 2.13. The number of hydrogen-bond donors (Lipinski definition) is 1. The second kappa shape index (κ2) is 4.84. The van der Waals surface area contributed by atoms with Crippen LogP contribution in [0.1, 0.15) is 23.6 Å². The van der Waals surface area contributed by atoms with E-state index in [1.807, 2.05) is 12.1 Å². The number of aryl methyl sites for hydroxylation is 1. The van der Waals surface area contributed by atoms with Crippen LogP contribution in [-0.4, -0.2) is 12.8 Å². The molecule has 2 rings (SSSR count). The van der Waals surface area contributed by atoms with Crippen LogP contribution in [0.3, 0.4) is 0 Å². The van der Waals surface area contributed by atoms with Crippen LogP contribution in [0.25, 0.3) is 0 Å². The van der Waals surface area contributed by atoms with E-state index >= 15 is 0 Å². The van der Waals surface area contributed by atoms with Crippen molar-refractivity contribution in [3.05, 3.63) is 34.3 Å². The van der Waals surface area contributed by atoms with E-state index in [9.17, 15) is 13.2 Å². The number of fused-ring (bicyclic) bond motifs is 1. The van der Waals surface area contributed by atoms with Crippen molar-refractivity contribution in [1.82, 2.24) is 5.48 Å². The molecular formula is C11H11ClF3NO. The van der Waals surface area contributed by atoms with Crippen molar-refractivity contribution >= 4 is 11.6 Å². The molecule has 2 nitrogen and oxygen atoms in total. The van der Waals surface area contributed by atoms with Crippen LogP contribution in [0.4, 0.5) is 13.2 Å². The Bertz CT molecular complexity index is 408. The minimum atomic E-state index is -4.31. The smallest absolute Gasteiger partial charge is 0.292 e. The minimum Gasteiger partial charge on any atom is -0.292 e. The summed E-state index contributed by atoms with van der Waals surface area (Å²) in [5.41, 5.74) is 4.47. The summed E-state index contributed by atoms with van der Waals surface area (Å²) in [6, 6.07) is 5.19. The molecule has 1 aromatic rings. The number of nitrogens with one attached hydrogen (secondary N) is 1. The van der Waals surface area contributed by atoms with Crippen molar-refractivity contribution in [1.29, 1.82) is 0 Å². The zero-order valence-corrected chi connectivity index (χ0v) is 9.61. The highest BCUT2D eigenvalue weighted by Crippen LogP contribution is 2.32. The quantitative estimate of drug-likeness (QED) is 0.846. The maximum absolute atomic E-state index is 11.9. The summed E-state index contributed by atoms with van der Waals surface area (Å²) in [6.07, 6.45) is -2.80. The first-order valence-electron chi connectivity index (χ1n) is 5.18. The van der Waals surface area contributed by atoms with E-state index in [0.29, 0.717) is 11.4 Å². The molecule has 1 aliphatic carbocycles. The molecule has 1 unspecified atom stereocenters. The largest absolute Gasteiger partial charge is 0.413 e. The molecule has 17 heavy (non-hydrogen) atoms. The van der Waals surface area contributed by atoms with Crippen LogP contribution in [0.2, 0.25) is 5.02 Å². The number of rotatable bonds is 3. The monoisotopic (exact) mass is 265 g/mol. The van der Waals surface area contributed by atoms with E-state index in [0.717, 1.165) is 17.5 Å². The Morgan fingerprint density at radius 2 is 2.18 bits per heavy atom. The first-order chi connectivity index (χ1) is 7.96. The molecule has 0 aliphatic heterocycles. The second-order valence-corrected chi connectivity index (χ2v) is 4.39. The normalized spacial score (nSPS) is 19.4. The molecule has 0 heterocycles. The van der Waals surface area contributed by atoms with Gasteiger partial charge in [-0.2, -0.15) is 18.7 Å². The highest BCUT2D eigenvalue weighted by atomic mass is 35.5. The summed E-state index contributed by atoms with van der Waals surface area (Å²) < 4.78 is 35.7. The maximum atomic E-state index is 11.9. The number of alkyl halides is 3. The molecule has 1 aliphatic rings. The van der Waals surface area contributed by atoms with Gasteiger partial charge in [0, 0.05) is 5.02 Å². The van der Waals surface area contributed by atoms with Gasteiger partial charge in [-0.25, -0.2) is 0 Å². The fourth-order valence-electron chi connectivity index (χ4n) is 1.93. The Morgan fingerprint density at radius 1 is 1.41 bits per heavy atom. The van der Waals surface area contributed by atoms with Gasteiger partial charge >= 0.3 is 6.18 Å². The summed E-state index contributed by atoms with van der Waals surface area (Å²) in [4.78, 5) is 4.46. The van der Waals surface area contributed by atoms with Gasteiger partial charge in [0.15, 0.2) is 6.61 Å². The molecule has 0 saturated heterocycles. The lowest BCUT2D eigenvalue weighted by molar-refractivity contribution is -0.193. The van der Waals surface area contributed by atoms with Crippen LogP contribution >= 0.6 is 11.6 Å². The van der Waals surface area contributed by atoms with Gasteiger partial charge in [-0.15, -0.1) is 0 Å². The molecule has 0 aromatic heterocycles. The van der Waals surface area contributed by atoms with E-state index in [-0.39, 0.29) is 6.04 Å². The number of hydroxylamine groups is 1. The van der Waals surface area contributed by atoms with Gasteiger partial charge in [0.25, 0.3) is 0 Å². The van der Waals surface area contributed by atoms with Gasteiger partial charge in [-0.3, -0.25) is 4.84 Å². The average molecular weight is 266 g/mol. The topological polar surface area (TPSA) is 21.3 Å². The highest BCUT2D eigenvalue weighted by molar-refractivity contribution is 6.30. The Balaban J connectivity index is 1.94. The molecule has 0 saturated carbocycles. The lowest BCUT2D eigenvalue weighted by Gasteiger charge is -2.15. The number of benzene rings is 1. The van der Waals surface area contributed by atoms with Gasteiger partial charge in [-0.1, -0.05) is 17.7 Å². The molecule has 1 N–H and O–H groups in total. The third-order valence-electron chi connectivity index (χ3n) is 2.64. The van der Waals surface area contributed by atoms with E-state index < -0.39 is 12.8 Å². The van der Waals surface area contributed by atoms with Gasteiger partial charge < -0.3 is 0 Å². The van der Waals surface area contributed by atoms with Crippen molar-refractivity contribution in [3.8, 4) is 0 Å². The molecule has 94 valence electrons. The standard InChI is InChI=1S/C11H11ClF3NO/c12-8-2-3-9-7(5-8)1-4-10(9)16-17-6-11(13,14)15/h2-3,5,10,16H,1,4,6H2. The summed E-state index contributed by atoms with van der Waals surface area (Å²) in [5.74, 6) is 0. The third kappa shape index (κ3) is 3.34. The zero-order chi connectivity index (χ0) is 12.5. The fraction of sp³-hybridized carbons (Fsp3) is 0.455. The van der Waals surface area contributed by atoms with Crippen molar-refractivity contribution in [2.45, 2.75) is 25.1 Å². The average Bonchev–Trinajstić information content (AvgIpc) is 2.59. The van der Waals surface area contributed by atoms with E-state index in [1.165, 1.54) is 0 Å². The van der Waals surface area contributed by atoms with Crippen LogP contribution < -0.4 is 5.48 Å². The summed E-state index contributed by atoms with van der Waals surface area (Å²) in [7, 11) is 0. The minimum absolute atomic E-state index is 0.190. The Hall–Kier alpha value is -0.780. The van der Waals surface area contributed by atoms with Crippen molar-refractivity contribution in [2.24, 2.45) is 0 Å².